The third kappa shape index (κ3) is 3.17. The van der Waals surface area contributed by atoms with Crippen LogP contribution in [0.5, 0.6) is 0 Å². The van der Waals surface area contributed by atoms with Crippen molar-refractivity contribution in [2.45, 2.75) is 26.3 Å². The average Bonchev–Trinajstić information content (AvgIpc) is 2.96. The predicted molar refractivity (Wildman–Crippen MR) is 91.5 cm³/mol. The van der Waals surface area contributed by atoms with E-state index in [2.05, 4.69) is 15.3 Å². The van der Waals surface area contributed by atoms with Gasteiger partial charge in [0.25, 0.3) is 5.91 Å². The Kier molecular flexibility index (Phi) is 3.89. The molecule has 0 atom stereocenters. The van der Waals surface area contributed by atoms with Gasteiger partial charge in [-0.2, -0.15) is 0 Å². The number of carbonyl (C=O) groups is 2. The molecular weight excluding hydrogens is 304 g/mol. The van der Waals surface area contributed by atoms with Crippen molar-refractivity contribution in [3.63, 3.8) is 0 Å². The normalized spacial score (nSPS) is 11.5. The van der Waals surface area contributed by atoms with E-state index in [1.807, 2.05) is 37.6 Å². The molecule has 122 valence electrons. The van der Waals surface area contributed by atoms with Crippen LogP contribution >= 0.6 is 0 Å². The van der Waals surface area contributed by atoms with E-state index in [1.54, 1.807) is 18.3 Å². The molecular formula is C18H18N4O2. The molecule has 0 aromatic carbocycles. The van der Waals surface area contributed by atoms with E-state index in [-0.39, 0.29) is 11.4 Å². The second kappa shape index (κ2) is 5.88. The number of aldehydes is 1. The molecule has 6 nitrogen and oxygen atoms in total. The van der Waals surface area contributed by atoms with Crippen LogP contribution in [0.3, 0.4) is 0 Å². The molecule has 1 amide bonds. The van der Waals surface area contributed by atoms with Crippen LogP contribution in [0.25, 0.3) is 16.7 Å². The molecule has 0 aliphatic heterocycles. The van der Waals surface area contributed by atoms with Crippen molar-refractivity contribution >= 4 is 23.2 Å². The lowest BCUT2D eigenvalue weighted by Gasteiger charge is -2.20. The van der Waals surface area contributed by atoms with Crippen molar-refractivity contribution in [1.29, 1.82) is 0 Å². The average molecular weight is 322 g/mol. The lowest BCUT2D eigenvalue weighted by molar-refractivity contribution is 0.0919. The van der Waals surface area contributed by atoms with E-state index < -0.39 is 0 Å². The van der Waals surface area contributed by atoms with Gasteiger partial charge in [0.1, 0.15) is 5.65 Å². The Morgan fingerprint density at radius 3 is 2.71 bits per heavy atom. The number of rotatable bonds is 3. The highest BCUT2D eigenvalue weighted by molar-refractivity contribution is 5.95. The summed E-state index contributed by atoms with van der Waals surface area (Å²) < 4.78 is 1.84. The fourth-order valence-corrected chi connectivity index (χ4v) is 2.41. The lowest BCUT2D eigenvalue weighted by atomic mass is 10.1. The maximum Gasteiger partial charge on any atom is 0.253 e. The van der Waals surface area contributed by atoms with Crippen molar-refractivity contribution in [1.82, 2.24) is 19.9 Å². The van der Waals surface area contributed by atoms with Crippen molar-refractivity contribution in [3.05, 3.63) is 54.1 Å². The highest BCUT2D eigenvalue weighted by atomic mass is 16.1. The summed E-state index contributed by atoms with van der Waals surface area (Å²) in [5, 5.41) is 3.77. The second-order valence-electron chi connectivity index (χ2n) is 6.62. The van der Waals surface area contributed by atoms with Crippen LogP contribution in [0.1, 0.15) is 41.5 Å². The third-order valence-corrected chi connectivity index (χ3v) is 3.44. The van der Waals surface area contributed by atoms with Crippen LogP contribution in [-0.2, 0) is 0 Å². The fourth-order valence-electron chi connectivity index (χ4n) is 2.41. The van der Waals surface area contributed by atoms with Crippen molar-refractivity contribution in [2.75, 3.05) is 0 Å². The zero-order valence-corrected chi connectivity index (χ0v) is 13.8. The molecule has 0 aliphatic rings. The predicted octanol–water partition coefficient (Wildman–Crippen LogP) is 2.76. The SMILES string of the molecule is CC(C)(C)NC(=O)c1cncc(-n2ccc3cc(C=O)cnc32)c1. The first-order chi connectivity index (χ1) is 11.4. The number of fused-ring (bicyclic) bond motifs is 1. The van der Waals surface area contributed by atoms with Crippen LogP contribution in [0, 0.1) is 0 Å². The minimum absolute atomic E-state index is 0.176. The number of amides is 1. The van der Waals surface area contributed by atoms with E-state index in [9.17, 15) is 9.59 Å². The molecule has 3 rings (SSSR count). The Morgan fingerprint density at radius 2 is 2.00 bits per heavy atom. The molecule has 24 heavy (non-hydrogen) atoms. The van der Waals surface area contributed by atoms with Gasteiger partial charge in [-0.25, -0.2) is 4.98 Å². The number of nitrogens with one attached hydrogen (secondary N) is 1. The Labute approximate surface area is 139 Å². The van der Waals surface area contributed by atoms with Crippen LogP contribution < -0.4 is 5.32 Å². The molecule has 0 aliphatic carbocycles. The van der Waals surface area contributed by atoms with E-state index in [0.717, 1.165) is 17.4 Å². The largest absolute Gasteiger partial charge is 0.347 e. The smallest absolute Gasteiger partial charge is 0.253 e. The molecule has 0 saturated heterocycles. The standard InChI is InChI=1S/C18H18N4O2/c1-18(2,3)21-17(24)14-7-15(10-19-9-14)22-5-4-13-6-12(11-23)8-20-16(13)22/h4-11H,1-3H3,(H,21,24). The lowest BCUT2D eigenvalue weighted by Crippen LogP contribution is -2.40. The Balaban J connectivity index is 2.00. The van der Waals surface area contributed by atoms with Gasteiger partial charge >= 0.3 is 0 Å². The van der Waals surface area contributed by atoms with Crippen LogP contribution in [0.15, 0.2) is 43.0 Å². The molecule has 0 fully saturated rings. The minimum atomic E-state index is -0.319. The first-order valence-corrected chi connectivity index (χ1v) is 7.57. The van der Waals surface area contributed by atoms with E-state index >= 15 is 0 Å². The van der Waals surface area contributed by atoms with Gasteiger partial charge in [0, 0.05) is 35.1 Å². The van der Waals surface area contributed by atoms with Crippen molar-refractivity contribution in [2.24, 2.45) is 0 Å². The number of pyridine rings is 2. The minimum Gasteiger partial charge on any atom is -0.347 e. The van der Waals surface area contributed by atoms with Gasteiger partial charge in [-0.05, 0) is 39.0 Å². The molecule has 0 spiro atoms. The zero-order valence-electron chi connectivity index (χ0n) is 13.8. The summed E-state index contributed by atoms with van der Waals surface area (Å²) in [5.41, 5.74) is 2.12. The topological polar surface area (TPSA) is 76.9 Å². The van der Waals surface area contributed by atoms with Gasteiger partial charge in [-0.3, -0.25) is 19.1 Å². The maximum absolute atomic E-state index is 12.3. The Bertz CT molecular complexity index is 922. The highest BCUT2D eigenvalue weighted by Crippen LogP contribution is 2.19. The van der Waals surface area contributed by atoms with E-state index in [0.29, 0.717) is 16.8 Å². The second-order valence-corrected chi connectivity index (χ2v) is 6.62. The van der Waals surface area contributed by atoms with Gasteiger partial charge in [-0.1, -0.05) is 0 Å². The number of nitrogens with zero attached hydrogens (tertiary/aromatic N) is 3. The maximum atomic E-state index is 12.3. The van der Waals surface area contributed by atoms with Gasteiger partial charge in [0.15, 0.2) is 6.29 Å². The molecule has 1 N–H and O–H groups in total. The molecule has 0 radical (unpaired) electrons. The van der Waals surface area contributed by atoms with Crippen LogP contribution in [-0.4, -0.2) is 32.3 Å². The number of carbonyl (C=O) groups excluding carboxylic acids is 2. The fraction of sp³-hybridized carbons (Fsp3) is 0.222. The summed E-state index contributed by atoms with van der Waals surface area (Å²) in [7, 11) is 0. The van der Waals surface area contributed by atoms with Crippen molar-refractivity contribution in [3.8, 4) is 5.69 Å². The molecule has 3 aromatic rings. The molecule has 3 aromatic heterocycles. The van der Waals surface area contributed by atoms with Crippen LogP contribution in [0.4, 0.5) is 0 Å². The third-order valence-electron chi connectivity index (χ3n) is 3.44. The molecule has 0 unspecified atom stereocenters. The summed E-state index contributed by atoms with van der Waals surface area (Å²) in [6.45, 7) is 5.78. The first kappa shape index (κ1) is 15.9. The molecule has 0 saturated carbocycles. The summed E-state index contributed by atoms with van der Waals surface area (Å²) >= 11 is 0. The van der Waals surface area contributed by atoms with Gasteiger partial charge in [-0.15, -0.1) is 0 Å². The van der Waals surface area contributed by atoms with E-state index in [4.69, 9.17) is 0 Å². The monoisotopic (exact) mass is 322 g/mol. The summed E-state index contributed by atoms with van der Waals surface area (Å²) in [6, 6.07) is 5.41. The van der Waals surface area contributed by atoms with E-state index in [1.165, 1.54) is 12.4 Å². The van der Waals surface area contributed by atoms with Gasteiger partial charge < -0.3 is 5.32 Å². The highest BCUT2D eigenvalue weighted by Gasteiger charge is 2.16. The van der Waals surface area contributed by atoms with Gasteiger partial charge in [0.05, 0.1) is 17.4 Å². The number of hydrogen-bond acceptors (Lipinski definition) is 4. The van der Waals surface area contributed by atoms with Gasteiger partial charge in [0.2, 0.25) is 0 Å². The molecule has 6 heteroatoms. The zero-order chi connectivity index (χ0) is 17.3. The summed E-state index contributed by atoms with van der Waals surface area (Å²) in [5.74, 6) is -0.176. The Hall–Kier alpha value is -3.02. The first-order valence-electron chi connectivity index (χ1n) is 7.57. The summed E-state index contributed by atoms with van der Waals surface area (Å²) in [4.78, 5) is 31.7. The Morgan fingerprint density at radius 1 is 1.21 bits per heavy atom. The number of hydrogen-bond donors (Lipinski definition) is 1. The quantitative estimate of drug-likeness (QED) is 0.752. The number of aromatic nitrogens is 3. The van der Waals surface area contributed by atoms with Crippen molar-refractivity contribution < 1.29 is 9.59 Å². The van der Waals surface area contributed by atoms with Crippen LogP contribution in [0.2, 0.25) is 0 Å². The molecule has 3 heterocycles. The summed E-state index contributed by atoms with van der Waals surface area (Å²) in [6.07, 6.45) is 7.34. The molecule has 0 bridgehead atoms.